The largest absolute Gasteiger partial charge is 0.442 e. The number of aryl methyl sites for hydroxylation is 2. The summed E-state index contributed by atoms with van der Waals surface area (Å²) in [5.74, 6) is 0.295. The van der Waals surface area contributed by atoms with Crippen molar-refractivity contribution in [2.24, 2.45) is 7.05 Å². The highest BCUT2D eigenvalue weighted by molar-refractivity contribution is 6.06. The third-order valence-electron chi connectivity index (χ3n) is 4.28. The van der Waals surface area contributed by atoms with Crippen LogP contribution in [0.15, 0.2) is 15.5 Å². The highest BCUT2D eigenvalue weighted by Crippen LogP contribution is 2.24. The molecule has 1 aliphatic heterocycles. The molecule has 0 bridgehead atoms. The third-order valence-corrected chi connectivity index (χ3v) is 4.28. The van der Waals surface area contributed by atoms with Gasteiger partial charge in [0, 0.05) is 26.2 Å². The van der Waals surface area contributed by atoms with Crippen LogP contribution in [-0.4, -0.2) is 46.5 Å². The standard InChI is InChI=1S/C15H20N4O3.ClH/c1-9-11(12-13(22-9)17-8-18(3)14(12)20)15(21)19-6-4-5-10(7-19)16-2;/h8,10,16H,4-7H2,1-3H3;1H. The smallest absolute Gasteiger partial charge is 0.265 e. The molecule has 1 atom stereocenters. The van der Waals surface area contributed by atoms with Crippen molar-refractivity contribution in [1.82, 2.24) is 19.8 Å². The Kier molecular flexibility index (Phi) is 5.11. The van der Waals surface area contributed by atoms with Gasteiger partial charge in [0.2, 0.25) is 5.71 Å². The summed E-state index contributed by atoms with van der Waals surface area (Å²) in [6.45, 7) is 3.04. The van der Waals surface area contributed by atoms with Crippen LogP contribution in [0.2, 0.25) is 0 Å². The van der Waals surface area contributed by atoms with Gasteiger partial charge >= 0.3 is 0 Å². The minimum absolute atomic E-state index is 0. The van der Waals surface area contributed by atoms with Gasteiger partial charge in [-0.25, -0.2) is 4.98 Å². The molecular formula is C15H21ClN4O3. The van der Waals surface area contributed by atoms with E-state index < -0.39 is 0 Å². The quantitative estimate of drug-likeness (QED) is 0.885. The summed E-state index contributed by atoms with van der Waals surface area (Å²) >= 11 is 0. The molecule has 7 nitrogen and oxygen atoms in total. The number of carbonyl (C=O) groups excluding carboxylic acids is 1. The average molecular weight is 341 g/mol. The molecule has 1 fully saturated rings. The first kappa shape index (κ1) is 17.5. The van der Waals surface area contributed by atoms with Gasteiger partial charge in [-0.3, -0.25) is 9.59 Å². The molecule has 126 valence electrons. The monoisotopic (exact) mass is 340 g/mol. The molecule has 0 aromatic carbocycles. The fourth-order valence-corrected chi connectivity index (χ4v) is 3.00. The SMILES string of the molecule is CNC1CCCN(C(=O)c2c(C)oc3ncn(C)c(=O)c23)C1.Cl. The third kappa shape index (κ3) is 2.98. The van der Waals surface area contributed by atoms with Crippen LogP contribution >= 0.6 is 12.4 Å². The maximum Gasteiger partial charge on any atom is 0.265 e. The van der Waals surface area contributed by atoms with Gasteiger partial charge in [0.1, 0.15) is 17.5 Å². The summed E-state index contributed by atoms with van der Waals surface area (Å²) in [5.41, 5.74) is 0.318. The van der Waals surface area contributed by atoms with Gasteiger partial charge in [-0.2, -0.15) is 0 Å². The number of rotatable bonds is 2. The van der Waals surface area contributed by atoms with Gasteiger partial charge in [0.25, 0.3) is 11.5 Å². The van der Waals surface area contributed by atoms with Crippen LogP contribution in [0.25, 0.3) is 11.1 Å². The molecule has 1 saturated heterocycles. The lowest BCUT2D eigenvalue weighted by molar-refractivity contribution is 0.0698. The van der Waals surface area contributed by atoms with Crippen LogP contribution in [0.1, 0.15) is 29.0 Å². The summed E-state index contributed by atoms with van der Waals surface area (Å²) in [5, 5.41) is 3.49. The van der Waals surface area contributed by atoms with Crippen molar-refractivity contribution >= 4 is 29.4 Å². The number of nitrogens with one attached hydrogen (secondary N) is 1. The number of furan rings is 1. The summed E-state index contributed by atoms with van der Waals surface area (Å²) in [4.78, 5) is 31.1. The number of aromatic nitrogens is 2. The molecular weight excluding hydrogens is 320 g/mol. The summed E-state index contributed by atoms with van der Waals surface area (Å²) in [6.07, 6.45) is 3.40. The molecule has 0 aliphatic carbocycles. The number of fused-ring (bicyclic) bond motifs is 1. The van der Waals surface area contributed by atoms with E-state index in [1.165, 1.54) is 10.9 Å². The molecule has 1 unspecified atom stereocenters. The number of halogens is 1. The molecule has 2 aromatic heterocycles. The fourth-order valence-electron chi connectivity index (χ4n) is 3.00. The number of hydrogen-bond donors (Lipinski definition) is 1. The lowest BCUT2D eigenvalue weighted by Crippen LogP contribution is -2.47. The molecule has 0 radical (unpaired) electrons. The predicted molar refractivity (Wildman–Crippen MR) is 89.2 cm³/mol. The Morgan fingerprint density at radius 1 is 1.48 bits per heavy atom. The normalized spacial score (nSPS) is 18.0. The molecule has 8 heteroatoms. The van der Waals surface area contributed by atoms with Crippen molar-refractivity contribution in [1.29, 1.82) is 0 Å². The maximum absolute atomic E-state index is 12.9. The number of amides is 1. The Bertz CT molecular complexity index is 783. The van der Waals surface area contributed by atoms with E-state index in [0.29, 0.717) is 24.4 Å². The molecule has 0 spiro atoms. The highest BCUT2D eigenvalue weighted by atomic mass is 35.5. The van der Waals surface area contributed by atoms with Crippen molar-refractivity contribution in [2.45, 2.75) is 25.8 Å². The van der Waals surface area contributed by atoms with Crippen LogP contribution in [0.3, 0.4) is 0 Å². The van der Waals surface area contributed by atoms with E-state index in [0.717, 1.165) is 12.8 Å². The van der Waals surface area contributed by atoms with E-state index in [-0.39, 0.29) is 41.0 Å². The zero-order valence-electron chi connectivity index (χ0n) is 13.5. The number of piperidine rings is 1. The summed E-state index contributed by atoms with van der Waals surface area (Å²) in [6, 6.07) is 0.289. The Labute approximate surface area is 140 Å². The maximum atomic E-state index is 12.9. The van der Waals surface area contributed by atoms with Gasteiger partial charge in [-0.05, 0) is 26.8 Å². The highest BCUT2D eigenvalue weighted by Gasteiger charge is 2.29. The first-order chi connectivity index (χ1) is 10.5. The van der Waals surface area contributed by atoms with Gasteiger partial charge in [0.15, 0.2) is 0 Å². The first-order valence-electron chi connectivity index (χ1n) is 7.44. The van der Waals surface area contributed by atoms with Crippen molar-refractivity contribution in [3.8, 4) is 0 Å². The minimum atomic E-state index is -0.257. The second-order valence-electron chi connectivity index (χ2n) is 5.75. The molecule has 23 heavy (non-hydrogen) atoms. The van der Waals surface area contributed by atoms with E-state index in [1.807, 2.05) is 7.05 Å². The summed E-state index contributed by atoms with van der Waals surface area (Å²) < 4.78 is 6.87. The van der Waals surface area contributed by atoms with Crippen LogP contribution in [0, 0.1) is 6.92 Å². The molecule has 3 rings (SSSR count). The van der Waals surface area contributed by atoms with E-state index in [1.54, 1.807) is 18.9 Å². The van der Waals surface area contributed by atoms with Gasteiger partial charge in [0.05, 0.1) is 5.56 Å². The lowest BCUT2D eigenvalue weighted by atomic mass is 10.0. The zero-order chi connectivity index (χ0) is 15.9. The Morgan fingerprint density at radius 3 is 2.91 bits per heavy atom. The minimum Gasteiger partial charge on any atom is -0.442 e. The molecule has 0 saturated carbocycles. The average Bonchev–Trinajstić information content (AvgIpc) is 2.87. The number of likely N-dealkylation sites (N-methyl/N-ethyl adjacent to an activating group) is 1. The van der Waals surface area contributed by atoms with Gasteiger partial charge in [-0.15, -0.1) is 12.4 Å². The zero-order valence-corrected chi connectivity index (χ0v) is 14.3. The number of carbonyl (C=O) groups is 1. The second-order valence-corrected chi connectivity index (χ2v) is 5.75. The predicted octanol–water partition coefficient (Wildman–Crippen LogP) is 1.08. The Morgan fingerprint density at radius 2 is 2.22 bits per heavy atom. The van der Waals surface area contributed by atoms with Crippen LogP contribution in [0.4, 0.5) is 0 Å². The van der Waals surface area contributed by atoms with E-state index >= 15 is 0 Å². The first-order valence-corrected chi connectivity index (χ1v) is 7.44. The molecule has 1 N–H and O–H groups in total. The van der Waals surface area contributed by atoms with E-state index in [9.17, 15) is 9.59 Å². The fraction of sp³-hybridized carbons (Fsp3) is 0.533. The van der Waals surface area contributed by atoms with Crippen LogP contribution < -0.4 is 10.9 Å². The van der Waals surface area contributed by atoms with Gasteiger partial charge in [-0.1, -0.05) is 0 Å². The number of hydrogen-bond acceptors (Lipinski definition) is 5. The second kappa shape index (κ2) is 6.72. The lowest BCUT2D eigenvalue weighted by Gasteiger charge is -2.32. The van der Waals surface area contributed by atoms with Crippen LogP contribution in [-0.2, 0) is 7.05 Å². The molecule has 1 amide bonds. The van der Waals surface area contributed by atoms with Crippen LogP contribution in [0.5, 0.6) is 0 Å². The van der Waals surface area contributed by atoms with Crippen molar-refractivity contribution in [3.63, 3.8) is 0 Å². The number of likely N-dealkylation sites (tertiary alicyclic amines) is 1. The van der Waals surface area contributed by atoms with Crippen molar-refractivity contribution in [3.05, 3.63) is 28.0 Å². The molecule has 2 aromatic rings. The summed E-state index contributed by atoms with van der Waals surface area (Å²) in [7, 11) is 3.51. The topological polar surface area (TPSA) is 80.4 Å². The number of nitrogens with zero attached hydrogens (tertiary/aromatic N) is 3. The Balaban J connectivity index is 0.00000192. The van der Waals surface area contributed by atoms with E-state index in [2.05, 4.69) is 10.3 Å². The Hall–Kier alpha value is -1.86. The van der Waals surface area contributed by atoms with Crippen molar-refractivity contribution < 1.29 is 9.21 Å². The molecule has 3 heterocycles. The molecule has 1 aliphatic rings. The van der Waals surface area contributed by atoms with Gasteiger partial charge < -0.3 is 19.2 Å². The van der Waals surface area contributed by atoms with E-state index in [4.69, 9.17) is 4.42 Å². The van der Waals surface area contributed by atoms with Crippen molar-refractivity contribution in [2.75, 3.05) is 20.1 Å².